The first-order valence-electron chi connectivity index (χ1n) is 12.4. The van der Waals surface area contributed by atoms with E-state index >= 15 is 0 Å². The lowest BCUT2D eigenvalue weighted by atomic mass is 9.73. The van der Waals surface area contributed by atoms with E-state index in [0.717, 1.165) is 47.5 Å². The van der Waals surface area contributed by atoms with Gasteiger partial charge in [-0.2, -0.15) is 13.2 Å². The summed E-state index contributed by atoms with van der Waals surface area (Å²) in [5, 5.41) is 11.4. The number of rotatable bonds is 5. The summed E-state index contributed by atoms with van der Waals surface area (Å²) >= 11 is 0. The summed E-state index contributed by atoms with van der Waals surface area (Å²) in [6, 6.07) is 4.77. The number of halogens is 3. The molecule has 0 aliphatic heterocycles. The number of nitrogens with zero attached hydrogens (tertiary/aromatic N) is 1. The minimum atomic E-state index is -4.41. The maximum Gasteiger partial charge on any atom is 0.416 e. The van der Waals surface area contributed by atoms with Crippen LogP contribution in [-0.2, 0) is 23.4 Å². The van der Waals surface area contributed by atoms with Gasteiger partial charge in [0.2, 0.25) is 0 Å². The highest BCUT2D eigenvalue weighted by Crippen LogP contribution is 2.49. The van der Waals surface area contributed by atoms with Gasteiger partial charge in [-0.1, -0.05) is 53.7 Å². The fraction of sp³-hybridized carbons (Fsp3) is 0.607. The van der Waals surface area contributed by atoms with Gasteiger partial charge < -0.3 is 9.53 Å². The van der Waals surface area contributed by atoms with E-state index in [1.54, 1.807) is 0 Å². The highest BCUT2D eigenvalue weighted by atomic mass is 28.4. The maximum absolute atomic E-state index is 13.1. The lowest BCUT2D eigenvalue weighted by molar-refractivity contribution is -0.137. The minimum absolute atomic E-state index is 0.0258. The van der Waals surface area contributed by atoms with E-state index in [2.05, 4.69) is 47.7 Å². The van der Waals surface area contributed by atoms with E-state index in [1.165, 1.54) is 12.1 Å². The van der Waals surface area contributed by atoms with Crippen molar-refractivity contribution in [2.24, 2.45) is 5.41 Å². The second-order valence-electron chi connectivity index (χ2n) is 12.2. The number of benzene rings is 1. The Morgan fingerprint density at radius 1 is 1.14 bits per heavy atom. The summed E-state index contributed by atoms with van der Waals surface area (Å²) in [7, 11) is -2.10. The fourth-order valence-electron chi connectivity index (χ4n) is 4.84. The quantitative estimate of drug-likeness (QED) is 0.416. The van der Waals surface area contributed by atoms with Gasteiger partial charge >= 0.3 is 6.18 Å². The second kappa shape index (κ2) is 9.31. The van der Waals surface area contributed by atoms with Crippen LogP contribution in [0.5, 0.6) is 0 Å². The summed E-state index contributed by atoms with van der Waals surface area (Å²) in [5.41, 5.74) is 4.21. The van der Waals surface area contributed by atoms with Crippen molar-refractivity contribution in [3.05, 3.63) is 63.5 Å². The van der Waals surface area contributed by atoms with Crippen molar-refractivity contribution in [1.29, 1.82) is 0 Å². The first kappa shape index (κ1) is 27.9. The predicted octanol–water partition coefficient (Wildman–Crippen LogP) is 8.09. The Balaban J connectivity index is 2.13. The predicted molar refractivity (Wildman–Crippen MR) is 137 cm³/mol. The third-order valence-corrected chi connectivity index (χ3v) is 12.3. The van der Waals surface area contributed by atoms with Crippen LogP contribution < -0.4 is 0 Å². The van der Waals surface area contributed by atoms with Crippen LogP contribution in [0.4, 0.5) is 13.2 Å². The molecule has 1 aromatic carbocycles. The van der Waals surface area contributed by atoms with Gasteiger partial charge in [0, 0.05) is 28.6 Å². The van der Waals surface area contributed by atoms with Crippen LogP contribution in [0.1, 0.15) is 99.4 Å². The lowest BCUT2D eigenvalue weighted by Gasteiger charge is -2.53. The van der Waals surface area contributed by atoms with Gasteiger partial charge in [0.25, 0.3) is 0 Å². The van der Waals surface area contributed by atoms with E-state index in [0.29, 0.717) is 17.5 Å². The molecule has 1 unspecified atom stereocenters. The van der Waals surface area contributed by atoms with Gasteiger partial charge in [0.15, 0.2) is 0 Å². The van der Waals surface area contributed by atoms with Gasteiger partial charge in [-0.15, -0.1) is 18.1 Å². The average molecular weight is 508 g/mol. The van der Waals surface area contributed by atoms with Crippen LogP contribution in [0.3, 0.4) is 0 Å². The minimum Gasteiger partial charge on any atom is -0.559 e. The summed E-state index contributed by atoms with van der Waals surface area (Å²) in [6.07, 6.45) is -3.31. The number of hydrogen-bond donors (Lipinski definition) is 1. The lowest BCUT2D eigenvalue weighted by Crippen LogP contribution is -2.44. The zero-order valence-electron chi connectivity index (χ0n) is 22.5. The Hall–Kier alpha value is -1.70. The standard InChI is InChI=1S/C28H40F3NO2Si/c1-10-20-24(25(33)18-11-13-19(14-12-18)28(29,30)31)17(2)23-21(32-20)15-27(6,7)16-22(23)34-35(8,9)26(3,4)5/h11-14,22,25,33H,10,15-16H2,1-9H3/q-1/t22?,25-/m0/s1. The monoisotopic (exact) mass is 507 g/mol. The first-order chi connectivity index (χ1) is 15.9. The first-order valence-corrected chi connectivity index (χ1v) is 15.3. The highest BCUT2D eigenvalue weighted by molar-refractivity contribution is 6.74. The van der Waals surface area contributed by atoms with Crippen LogP contribution in [0, 0.1) is 12.3 Å². The summed E-state index contributed by atoms with van der Waals surface area (Å²) in [6.45, 7) is 19.6. The topological polar surface area (TPSA) is 42.4 Å². The molecule has 2 aromatic rings. The van der Waals surface area contributed by atoms with E-state index in [-0.39, 0.29) is 16.6 Å². The fourth-order valence-corrected chi connectivity index (χ4v) is 6.11. The van der Waals surface area contributed by atoms with Gasteiger partial charge in [-0.25, -0.2) is 0 Å². The molecule has 2 atom stereocenters. The third kappa shape index (κ3) is 5.67. The maximum atomic E-state index is 13.1. The Morgan fingerprint density at radius 3 is 2.20 bits per heavy atom. The molecule has 1 aromatic heterocycles. The molecule has 1 heterocycles. The van der Waals surface area contributed by atoms with Crippen LogP contribution in [0.2, 0.25) is 18.1 Å². The van der Waals surface area contributed by atoms with Crippen molar-refractivity contribution < 1.29 is 22.7 Å². The van der Waals surface area contributed by atoms with Crippen molar-refractivity contribution in [1.82, 2.24) is 4.98 Å². The molecule has 1 aliphatic rings. The Kier molecular flexibility index (Phi) is 7.41. The summed E-state index contributed by atoms with van der Waals surface area (Å²) in [5.74, 6) is 0. The number of hydrogen-bond acceptors (Lipinski definition) is 3. The molecule has 0 radical (unpaired) electrons. The zero-order chi connectivity index (χ0) is 26.6. The van der Waals surface area contributed by atoms with Gasteiger partial charge in [0.05, 0.1) is 5.56 Å². The zero-order valence-corrected chi connectivity index (χ0v) is 23.5. The van der Waals surface area contributed by atoms with Gasteiger partial charge in [0.1, 0.15) is 6.10 Å². The number of aryl methyl sites for hydroxylation is 1. The molecule has 0 saturated carbocycles. The van der Waals surface area contributed by atoms with E-state index < -0.39 is 26.2 Å². The van der Waals surface area contributed by atoms with Crippen molar-refractivity contribution in [3.8, 4) is 0 Å². The molecular weight excluding hydrogens is 467 g/mol. The SMILES string of the molecule is CCc1nc2c(c(C)c1[C@@H](O)c1ccc(C(F)(F)F)cc1)C(O[Si-](C)(C)C(C)(C)C)CC(C)(C)C2. The molecule has 195 valence electrons. The van der Waals surface area contributed by atoms with Gasteiger partial charge in [-0.3, -0.25) is 4.98 Å². The number of aliphatic hydroxyl groups is 1. The van der Waals surface area contributed by atoms with Crippen LogP contribution in [-0.4, -0.2) is 18.4 Å². The van der Waals surface area contributed by atoms with Crippen LogP contribution >= 0.6 is 0 Å². The molecule has 3 rings (SSSR count). The van der Waals surface area contributed by atoms with Crippen LogP contribution in [0.25, 0.3) is 0 Å². The number of pyridine rings is 1. The number of aliphatic hydroxyl groups excluding tert-OH is 1. The molecule has 1 aliphatic carbocycles. The Morgan fingerprint density at radius 2 is 1.71 bits per heavy atom. The molecule has 35 heavy (non-hydrogen) atoms. The smallest absolute Gasteiger partial charge is 0.416 e. The molecular formula is C28H40F3NO2Si-. The molecule has 1 N–H and O–H groups in total. The number of aromatic nitrogens is 1. The Bertz CT molecular complexity index is 1070. The molecule has 0 spiro atoms. The van der Waals surface area contributed by atoms with E-state index in [1.807, 2.05) is 13.8 Å². The molecule has 0 bridgehead atoms. The summed E-state index contributed by atoms with van der Waals surface area (Å²) < 4.78 is 46.1. The molecule has 0 fully saturated rings. The summed E-state index contributed by atoms with van der Waals surface area (Å²) in [4.78, 5) is 5.03. The van der Waals surface area contributed by atoms with Crippen molar-refractivity contribution >= 4 is 8.32 Å². The van der Waals surface area contributed by atoms with Crippen molar-refractivity contribution in [2.45, 2.75) is 104 Å². The molecule has 3 nitrogen and oxygen atoms in total. The number of fused-ring (bicyclic) bond motifs is 1. The largest absolute Gasteiger partial charge is 0.559 e. The van der Waals surface area contributed by atoms with Gasteiger partial charge in [-0.05, 0) is 63.2 Å². The Labute approximate surface area is 209 Å². The molecule has 7 heteroatoms. The molecule has 0 saturated heterocycles. The highest BCUT2D eigenvalue weighted by Gasteiger charge is 2.39. The van der Waals surface area contributed by atoms with Crippen molar-refractivity contribution in [3.63, 3.8) is 0 Å². The van der Waals surface area contributed by atoms with Crippen LogP contribution in [0.15, 0.2) is 24.3 Å². The van der Waals surface area contributed by atoms with E-state index in [4.69, 9.17) is 9.41 Å². The van der Waals surface area contributed by atoms with E-state index in [9.17, 15) is 18.3 Å². The number of alkyl halides is 3. The normalized spacial score (nSPS) is 19.4. The molecule has 0 amide bonds. The average Bonchev–Trinajstić information content (AvgIpc) is 2.70. The van der Waals surface area contributed by atoms with Crippen molar-refractivity contribution in [2.75, 3.05) is 0 Å². The third-order valence-electron chi connectivity index (χ3n) is 7.81. The second-order valence-corrected chi connectivity index (χ2v) is 17.0.